The first-order valence-corrected chi connectivity index (χ1v) is 15.5. The Balaban J connectivity index is 1.24. The van der Waals surface area contributed by atoms with Crippen molar-refractivity contribution >= 4 is 23.2 Å². The Morgan fingerprint density at radius 3 is 2.19 bits per heavy atom. The molecule has 2 aromatic carbocycles. The molecule has 10 heteroatoms. The molecule has 2 aliphatic rings. The van der Waals surface area contributed by atoms with Gasteiger partial charge in [0.05, 0.1) is 19.1 Å². The topological polar surface area (TPSA) is 106 Å². The first-order valence-electron chi connectivity index (χ1n) is 15.5. The molecule has 0 unspecified atom stereocenters. The minimum absolute atomic E-state index is 0.142. The summed E-state index contributed by atoms with van der Waals surface area (Å²) in [4.78, 5) is 27.9. The fourth-order valence-corrected chi connectivity index (χ4v) is 6.12. The number of anilines is 2. The van der Waals surface area contributed by atoms with Crippen molar-refractivity contribution in [3.63, 3.8) is 0 Å². The highest BCUT2D eigenvalue weighted by Crippen LogP contribution is 2.36. The third-order valence-corrected chi connectivity index (χ3v) is 8.60. The number of amides is 1. The number of nitro groups is 1. The van der Waals surface area contributed by atoms with E-state index in [1.807, 2.05) is 49.9 Å². The average molecular weight is 597 g/mol. The molecule has 2 aromatic rings. The van der Waals surface area contributed by atoms with Gasteiger partial charge in [-0.05, 0) is 82.6 Å². The number of likely N-dealkylation sites (tertiary alicyclic amines) is 1. The van der Waals surface area contributed by atoms with E-state index in [0.29, 0.717) is 24.1 Å². The normalized spacial score (nSPS) is 16.6. The molecule has 0 aliphatic carbocycles. The van der Waals surface area contributed by atoms with Crippen LogP contribution in [-0.2, 0) is 11.3 Å². The Bertz CT molecular complexity index is 1230. The first kappa shape index (κ1) is 32.2. The second-order valence-corrected chi connectivity index (χ2v) is 12.8. The molecule has 236 valence electrons. The predicted molar refractivity (Wildman–Crippen MR) is 169 cm³/mol. The van der Waals surface area contributed by atoms with Gasteiger partial charge in [-0.15, -0.1) is 0 Å². The van der Waals surface area contributed by atoms with Crippen molar-refractivity contribution in [3.05, 3.63) is 52.1 Å². The van der Waals surface area contributed by atoms with Crippen molar-refractivity contribution in [1.29, 1.82) is 0 Å². The van der Waals surface area contributed by atoms with E-state index >= 15 is 0 Å². The molecular formula is C33H48N4O6. The zero-order valence-corrected chi connectivity index (χ0v) is 26.4. The maximum Gasteiger partial charge on any atom is 0.410 e. The molecule has 2 fully saturated rings. The van der Waals surface area contributed by atoms with Gasteiger partial charge in [0.1, 0.15) is 22.8 Å². The lowest BCUT2D eigenvalue weighted by Gasteiger charge is -2.35. The SMILES string of the molecule is COc1ccc(CNc2ccc([N+](=O)[O-])c(N3CCC(CCCC4CCN(C(=O)OC(C)(C)C)CC4)CC3)c2)c(OC)c1. The molecule has 0 saturated carbocycles. The number of piperidine rings is 2. The van der Waals surface area contributed by atoms with Crippen LogP contribution < -0.4 is 19.7 Å². The number of methoxy groups -OCH3 is 2. The molecule has 0 spiro atoms. The molecule has 2 saturated heterocycles. The van der Waals surface area contributed by atoms with Gasteiger partial charge in [-0.1, -0.05) is 19.3 Å². The summed E-state index contributed by atoms with van der Waals surface area (Å²) in [5.41, 5.74) is 2.16. The number of ether oxygens (including phenoxy) is 3. The van der Waals surface area contributed by atoms with Crippen LogP contribution in [0.1, 0.15) is 71.3 Å². The first-order chi connectivity index (χ1) is 20.6. The number of carbonyl (C=O) groups is 1. The summed E-state index contributed by atoms with van der Waals surface area (Å²) >= 11 is 0. The smallest absolute Gasteiger partial charge is 0.410 e. The second-order valence-electron chi connectivity index (χ2n) is 12.8. The summed E-state index contributed by atoms with van der Waals surface area (Å²) in [6.45, 7) is 9.41. The van der Waals surface area contributed by atoms with Gasteiger partial charge in [-0.3, -0.25) is 10.1 Å². The lowest BCUT2D eigenvalue weighted by atomic mass is 9.87. The van der Waals surface area contributed by atoms with Crippen molar-refractivity contribution in [2.24, 2.45) is 11.8 Å². The van der Waals surface area contributed by atoms with Crippen LogP contribution in [0.4, 0.5) is 21.9 Å². The van der Waals surface area contributed by atoms with Gasteiger partial charge in [-0.25, -0.2) is 4.79 Å². The maximum absolute atomic E-state index is 12.3. The van der Waals surface area contributed by atoms with Crippen molar-refractivity contribution in [1.82, 2.24) is 4.90 Å². The summed E-state index contributed by atoms with van der Waals surface area (Å²) < 4.78 is 16.3. The van der Waals surface area contributed by atoms with Crippen LogP contribution >= 0.6 is 0 Å². The standard InChI is InChI=1S/C33H48N4O6/c1-33(2,3)43-32(38)36-19-15-25(16-20-36)8-6-7-24-13-17-35(18-14-24)30-21-27(10-12-29(30)37(39)40)34-23-26-9-11-28(41-4)22-31(26)42-5/h9-12,21-22,24-25,34H,6-8,13-20,23H2,1-5H3. The van der Waals surface area contributed by atoms with Crippen LogP contribution in [0.15, 0.2) is 36.4 Å². The molecule has 0 atom stereocenters. The third kappa shape index (κ3) is 9.15. The van der Waals surface area contributed by atoms with Gasteiger partial charge < -0.3 is 29.3 Å². The second kappa shape index (κ2) is 14.7. The fourth-order valence-electron chi connectivity index (χ4n) is 6.12. The number of hydrogen-bond acceptors (Lipinski definition) is 8. The summed E-state index contributed by atoms with van der Waals surface area (Å²) in [5.74, 6) is 2.75. The number of hydrogen-bond donors (Lipinski definition) is 1. The van der Waals surface area contributed by atoms with E-state index in [0.717, 1.165) is 74.6 Å². The number of nitrogens with zero attached hydrogens (tertiary/aromatic N) is 3. The van der Waals surface area contributed by atoms with E-state index < -0.39 is 5.60 Å². The maximum atomic E-state index is 12.3. The van der Waals surface area contributed by atoms with Gasteiger partial charge in [0, 0.05) is 56.1 Å². The van der Waals surface area contributed by atoms with Gasteiger partial charge in [0.15, 0.2) is 0 Å². The van der Waals surface area contributed by atoms with Crippen LogP contribution in [0.25, 0.3) is 0 Å². The number of nitro benzene ring substituents is 1. The highest BCUT2D eigenvalue weighted by molar-refractivity contribution is 5.70. The highest BCUT2D eigenvalue weighted by atomic mass is 16.6. The molecule has 4 rings (SSSR count). The van der Waals surface area contributed by atoms with Crippen LogP contribution in [0, 0.1) is 22.0 Å². The molecule has 2 aliphatic heterocycles. The minimum atomic E-state index is -0.458. The summed E-state index contributed by atoms with van der Waals surface area (Å²) in [7, 11) is 3.25. The van der Waals surface area contributed by atoms with Gasteiger partial charge in [0.2, 0.25) is 0 Å². The van der Waals surface area contributed by atoms with Crippen molar-refractivity contribution in [2.45, 2.75) is 77.9 Å². The van der Waals surface area contributed by atoms with Gasteiger partial charge in [0.25, 0.3) is 5.69 Å². The van der Waals surface area contributed by atoms with E-state index in [2.05, 4.69) is 10.2 Å². The summed E-state index contributed by atoms with van der Waals surface area (Å²) in [6.07, 6.45) is 7.53. The quantitative estimate of drug-likeness (QED) is 0.213. The van der Waals surface area contributed by atoms with E-state index in [1.165, 1.54) is 19.3 Å². The fraction of sp³-hybridized carbons (Fsp3) is 0.606. The number of nitrogens with one attached hydrogen (secondary N) is 1. The van der Waals surface area contributed by atoms with Gasteiger partial charge in [-0.2, -0.15) is 0 Å². The Morgan fingerprint density at radius 2 is 1.60 bits per heavy atom. The van der Waals surface area contributed by atoms with E-state index in [4.69, 9.17) is 14.2 Å². The van der Waals surface area contributed by atoms with Crippen molar-refractivity contribution in [2.75, 3.05) is 50.6 Å². The van der Waals surface area contributed by atoms with Crippen LogP contribution in [0.5, 0.6) is 11.5 Å². The molecule has 1 N–H and O–H groups in total. The van der Waals surface area contributed by atoms with E-state index in [1.54, 1.807) is 26.4 Å². The lowest BCUT2D eigenvalue weighted by molar-refractivity contribution is -0.384. The monoisotopic (exact) mass is 596 g/mol. The largest absolute Gasteiger partial charge is 0.497 e. The molecule has 43 heavy (non-hydrogen) atoms. The predicted octanol–water partition coefficient (Wildman–Crippen LogP) is 7.26. The van der Waals surface area contributed by atoms with Crippen LogP contribution in [0.3, 0.4) is 0 Å². The van der Waals surface area contributed by atoms with Crippen LogP contribution in [0.2, 0.25) is 0 Å². The number of carbonyl (C=O) groups excluding carboxylic acids is 1. The molecule has 0 bridgehead atoms. The minimum Gasteiger partial charge on any atom is -0.497 e. The zero-order valence-electron chi connectivity index (χ0n) is 26.4. The van der Waals surface area contributed by atoms with Crippen molar-refractivity contribution < 1.29 is 23.9 Å². The molecule has 0 aromatic heterocycles. The number of rotatable bonds is 11. The zero-order chi connectivity index (χ0) is 31.0. The summed E-state index contributed by atoms with van der Waals surface area (Å²) in [6, 6.07) is 11.0. The lowest BCUT2D eigenvalue weighted by Crippen LogP contribution is -2.41. The number of benzene rings is 2. The molecule has 10 nitrogen and oxygen atoms in total. The van der Waals surface area contributed by atoms with Crippen LogP contribution in [-0.4, -0.2) is 61.9 Å². The Labute approximate surface area is 255 Å². The Morgan fingerprint density at radius 1 is 0.953 bits per heavy atom. The molecule has 0 radical (unpaired) electrons. The van der Waals surface area contributed by atoms with Gasteiger partial charge >= 0.3 is 6.09 Å². The Kier molecular flexibility index (Phi) is 11.0. The Hall–Kier alpha value is -3.69. The molecular weight excluding hydrogens is 548 g/mol. The van der Waals surface area contributed by atoms with E-state index in [9.17, 15) is 14.9 Å². The average Bonchev–Trinajstić information content (AvgIpc) is 2.99. The van der Waals surface area contributed by atoms with Crippen molar-refractivity contribution in [3.8, 4) is 11.5 Å². The molecule has 2 heterocycles. The van der Waals surface area contributed by atoms with E-state index in [-0.39, 0.29) is 16.7 Å². The third-order valence-electron chi connectivity index (χ3n) is 8.60. The summed E-state index contributed by atoms with van der Waals surface area (Å²) in [5, 5.41) is 15.3. The molecule has 1 amide bonds. The highest BCUT2D eigenvalue weighted by Gasteiger charge is 2.28.